The second-order valence-corrected chi connectivity index (χ2v) is 4.39. The van der Waals surface area contributed by atoms with Gasteiger partial charge >= 0.3 is 0 Å². The van der Waals surface area contributed by atoms with E-state index in [-0.39, 0.29) is 0 Å². The Morgan fingerprint density at radius 3 is 2.53 bits per heavy atom. The SMILES string of the molecule is [CH2]c1ccccc1CC(CC)CCCC. The summed E-state index contributed by atoms with van der Waals surface area (Å²) in [5, 5.41) is 0. The summed E-state index contributed by atoms with van der Waals surface area (Å²) in [6.45, 7) is 8.65. The minimum Gasteiger partial charge on any atom is -0.0654 e. The smallest absolute Gasteiger partial charge is 0.0235 e. The maximum Gasteiger partial charge on any atom is -0.0235 e. The molecule has 0 saturated heterocycles. The summed E-state index contributed by atoms with van der Waals surface area (Å²) in [6.07, 6.45) is 6.52. The van der Waals surface area contributed by atoms with Crippen LogP contribution in [0, 0.1) is 12.8 Å². The minimum absolute atomic E-state index is 0.841. The largest absolute Gasteiger partial charge is 0.0654 e. The fourth-order valence-electron chi connectivity index (χ4n) is 2.01. The van der Waals surface area contributed by atoms with E-state index in [0.29, 0.717) is 0 Å². The fraction of sp³-hybridized carbons (Fsp3) is 0.533. The highest BCUT2D eigenvalue weighted by atomic mass is 14.1. The molecule has 0 heteroatoms. The van der Waals surface area contributed by atoms with Gasteiger partial charge in [-0.15, -0.1) is 0 Å². The highest BCUT2D eigenvalue weighted by molar-refractivity contribution is 5.29. The van der Waals surface area contributed by atoms with Gasteiger partial charge in [0.05, 0.1) is 0 Å². The van der Waals surface area contributed by atoms with Crippen LogP contribution in [0.25, 0.3) is 0 Å². The van der Waals surface area contributed by atoms with Gasteiger partial charge in [0, 0.05) is 0 Å². The highest BCUT2D eigenvalue weighted by Gasteiger charge is 2.08. The normalized spacial score (nSPS) is 12.7. The Balaban J connectivity index is 2.54. The maximum atomic E-state index is 4.09. The molecule has 15 heavy (non-hydrogen) atoms. The van der Waals surface area contributed by atoms with Gasteiger partial charge in [-0.25, -0.2) is 0 Å². The monoisotopic (exact) mass is 203 g/mol. The van der Waals surface area contributed by atoms with Crippen molar-refractivity contribution in [2.24, 2.45) is 5.92 Å². The zero-order valence-electron chi connectivity index (χ0n) is 10.1. The lowest BCUT2D eigenvalue weighted by Gasteiger charge is -2.15. The Morgan fingerprint density at radius 2 is 1.93 bits per heavy atom. The molecule has 0 amide bonds. The van der Waals surface area contributed by atoms with Crippen molar-refractivity contribution in [2.75, 3.05) is 0 Å². The standard InChI is InChI=1S/C15H23/c1-4-6-10-14(5-2)12-15-11-8-7-9-13(15)3/h7-9,11,14H,3-6,10,12H2,1-2H3. The Hall–Kier alpha value is -0.780. The third-order valence-electron chi connectivity index (χ3n) is 3.17. The zero-order chi connectivity index (χ0) is 11.1. The summed E-state index contributed by atoms with van der Waals surface area (Å²) in [5.74, 6) is 0.841. The summed E-state index contributed by atoms with van der Waals surface area (Å²) in [7, 11) is 0. The van der Waals surface area contributed by atoms with Crippen LogP contribution in [0.2, 0.25) is 0 Å². The molecule has 0 fully saturated rings. The molecule has 0 N–H and O–H groups in total. The molecular weight excluding hydrogens is 180 g/mol. The lowest BCUT2D eigenvalue weighted by atomic mass is 9.90. The van der Waals surface area contributed by atoms with E-state index in [9.17, 15) is 0 Å². The summed E-state index contributed by atoms with van der Waals surface area (Å²) >= 11 is 0. The molecule has 0 aliphatic carbocycles. The van der Waals surface area contributed by atoms with Crippen molar-refractivity contribution in [1.82, 2.24) is 0 Å². The molecule has 0 nitrogen and oxygen atoms in total. The van der Waals surface area contributed by atoms with Crippen molar-refractivity contribution in [2.45, 2.75) is 46.0 Å². The number of rotatable bonds is 6. The lowest BCUT2D eigenvalue weighted by Crippen LogP contribution is -2.04. The van der Waals surface area contributed by atoms with E-state index >= 15 is 0 Å². The molecule has 1 unspecified atom stereocenters. The molecule has 0 bridgehead atoms. The third-order valence-corrected chi connectivity index (χ3v) is 3.17. The van der Waals surface area contributed by atoms with Crippen LogP contribution >= 0.6 is 0 Å². The highest BCUT2D eigenvalue weighted by Crippen LogP contribution is 2.20. The molecule has 1 aromatic carbocycles. The van der Waals surface area contributed by atoms with E-state index in [1.165, 1.54) is 43.2 Å². The van der Waals surface area contributed by atoms with Gasteiger partial charge in [-0.2, -0.15) is 0 Å². The number of hydrogen-bond acceptors (Lipinski definition) is 0. The lowest BCUT2D eigenvalue weighted by molar-refractivity contribution is 0.449. The molecule has 1 atom stereocenters. The van der Waals surface area contributed by atoms with Gasteiger partial charge in [0.1, 0.15) is 0 Å². The number of benzene rings is 1. The topological polar surface area (TPSA) is 0 Å². The zero-order valence-corrected chi connectivity index (χ0v) is 10.1. The predicted octanol–water partition coefficient (Wildman–Crippen LogP) is 4.63. The van der Waals surface area contributed by atoms with Crippen LogP contribution in [0.5, 0.6) is 0 Å². The Kier molecular flexibility index (Phi) is 5.45. The van der Waals surface area contributed by atoms with E-state index in [1.807, 2.05) is 0 Å². The van der Waals surface area contributed by atoms with E-state index in [1.54, 1.807) is 0 Å². The molecule has 1 aromatic rings. The van der Waals surface area contributed by atoms with E-state index in [4.69, 9.17) is 0 Å². The van der Waals surface area contributed by atoms with Crippen LogP contribution in [0.15, 0.2) is 24.3 Å². The average molecular weight is 203 g/mol. The predicted molar refractivity (Wildman–Crippen MR) is 67.9 cm³/mol. The van der Waals surface area contributed by atoms with Crippen LogP contribution in [0.1, 0.15) is 50.7 Å². The summed E-state index contributed by atoms with van der Waals surface area (Å²) in [4.78, 5) is 0. The van der Waals surface area contributed by atoms with Crippen molar-refractivity contribution in [3.63, 3.8) is 0 Å². The molecule has 0 heterocycles. The maximum absolute atomic E-state index is 4.09. The Labute approximate surface area is 94.7 Å². The van der Waals surface area contributed by atoms with Gasteiger partial charge in [-0.3, -0.25) is 0 Å². The first-order valence-electron chi connectivity index (χ1n) is 6.17. The van der Waals surface area contributed by atoms with E-state index in [2.05, 4.69) is 45.0 Å². The molecule has 1 radical (unpaired) electrons. The molecule has 1 rings (SSSR count). The summed E-state index contributed by atoms with van der Waals surface area (Å²) in [5.41, 5.74) is 2.63. The second kappa shape index (κ2) is 6.66. The van der Waals surface area contributed by atoms with Gasteiger partial charge in [0.25, 0.3) is 0 Å². The van der Waals surface area contributed by atoms with Crippen LogP contribution in [-0.4, -0.2) is 0 Å². The summed E-state index contributed by atoms with van der Waals surface area (Å²) < 4.78 is 0. The Bertz CT molecular complexity index is 275. The first kappa shape index (κ1) is 12.3. The fourth-order valence-corrected chi connectivity index (χ4v) is 2.01. The molecule has 0 saturated carbocycles. The molecule has 0 aromatic heterocycles. The minimum atomic E-state index is 0.841. The van der Waals surface area contributed by atoms with Crippen LogP contribution < -0.4 is 0 Å². The van der Waals surface area contributed by atoms with Gasteiger partial charge < -0.3 is 0 Å². The van der Waals surface area contributed by atoms with Crippen LogP contribution in [0.4, 0.5) is 0 Å². The number of hydrogen-bond donors (Lipinski definition) is 0. The first-order valence-corrected chi connectivity index (χ1v) is 6.17. The average Bonchev–Trinajstić information content (AvgIpc) is 2.26. The van der Waals surface area contributed by atoms with Crippen molar-refractivity contribution < 1.29 is 0 Å². The second-order valence-electron chi connectivity index (χ2n) is 4.39. The van der Waals surface area contributed by atoms with E-state index < -0.39 is 0 Å². The quantitative estimate of drug-likeness (QED) is 0.632. The van der Waals surface area contributed by atoms with Crippen LogP contribution in [0.3, 0.4) is 0 Å². The van der Waals surface area contributed by atoms with Crippen molar-refractivity contribution >= 4 is 0 Å². The van der Waals surface area contributed by atoms with Gasteiger partial charge in [0.15, 0.2) is 0 Å². The molecule has 0 aliphatic rings. The van der Waals surface area contributed by atoms with Gasteiger partial charge in [0.2, 0.25) is 0 Å². The first-order chi connectivity index (χ1) is 7.27. The molecule has 83 valence electrons. The third kappa shape index (κ3) is 4.07. The van der Waals surface area contributed by atoms with Crippen molar-refractivity contribution in [3.05, 3.63) is 42.3 Å². The van der Waals surface area contributed by atoms with Gasteiger partial charge in [-0.05, 0) is 30.4 Å². The van der Waals surface area contributed by atoms with Gasteiger partial charge in [-0.1, -0.05) is 63.8 Å². The molecule has 0 aliphatic heterocycles. The molecule has 0 spiro atoms. The Morgan fingerprint density at radius 1 is 1.20 bits per heavy atom. The van der Waals surface area contributed by atoms with E-state index in [0.717, 1.165) is 5.92 Å². The summed E-state index contributed by atoms with van der Waals surface area (Å²) in [6, 6.07) is 8.52. The van der Waals surface area contributed by atoms with Crippen molar-refractivity contribution in [1.29, 1.82) is 0 Å². The van der Waals surface area contributed by atoms with Crippen LogP contribution in [-0.2, 0) is 6.42 Å². The molecular formula is C15H23. The van der Waals surface area contributed by atoms with Crippen molar-refractivity contribution in [3.8, 4) is 0 Å². The number of unbranched alkanes of at least 4 members (excludes halogenated alkanes) is 1.